The molecular formula is C16H29NO6. The monoisotopic (exact) mass is 331 g/mol. The molecule has 7 heteroatoms. The minimum absolute atomic E-state index is 0.0604. The summed E-state index contributed by atoms with van der Waals surface area (Å²) < 4.78 is 21.0. The molecule has 0 aliphatic carbocycles. The van der Waals surface area contributed by atoms with Gasteiger partial charge < -0.3 is 24.3 Å². The standard InChI is InChI=1S/C16H29NO6/c1-3-20-9-5-4-8-17-15(18)12-23-16(19)13(2)22-11-14-7-6-10-21-14/h13-14H,3-12H2,1-2H3,(H,17,18). The minimum Gasteiger partial charge on any atom is -0.454 e. The van der Waals surface area contributed by atoms with E-state index in [9.17, 15) is 9.59 Å². The maximum Gasteiger partial charge on any atom is 0.335 e. The van der Waals surface area contributed by atoms with E-state index in [4.69, 9.17) is 18.9 Å². The Labute approximate surface area is 138 Å². The van der Waals surface area contributed by atoms with Crippen molar-refractivity contribution in [3.8, 4) is 0 Å². The molecule has 2 unspecified atom stereocenters. The smallest absolute Gasteiger partial charge is 0.335 e. The van der Waals surface area contributed by atoms with Gasteiger partial charge in [-0.15, -0.1) is 0 Å². The molecule has 1 heterocycles. The highest BCUT2D eigenvalue weighted by molar-refractivity contribution is 5.81. The third kappa shape index (κ3) is 9.53. The second-order valence-electron chi connectivity index (χ2n) is 5.47. The van der Waals surface area contributed by atoms with Crippen LogP contribution in [0.2, 0.25) is 0 Å². The maximum atomic E-state index is 11.7. The molecule has 134 valence electrons. The molecule has 1 saturated heterocycles. The molecule has 0 spiro atoms. The average molecular weight is 331 g/mol. The maximum absolute atomic E-state index is 11.7. The van der Waals surface area contributed by atoms with Gasteiger partial charge in [0.25, 0.3) is 5.91 Å². The SMILES string of the molecule is CCOCCCCNC(=O)COC(=O)C(C)OCC1CCCO1. The van der Waals surface area contributed by atoms with E-state index in [1.54, 1.807) is 6.92 Å². The summed E-state index contributed by atoms with van der Waals surface area (Å²) in [6, 6.07) is 0. The second-order valence-corrected chi connectivity index (χ2v) is 5.47. The summed E-state index contributed by atoms with van der Waals surface area (Å²) in [5.74, 6) is -0.837. The van der Waals surface area contributed by atoms with Crippen molar-refractivity contribution in [1.29, 1.82) is 0 Å². The third-order valence-electron chi connectivity index (χ3n) is 3.48. The van der Waals surface area contributed by atoms with Crippen LogP contribution in [0.4, 0.5) is 0 Å². The molecule has 0 aromatic rings. The highest BCUT2D eigenvalue weighted by atomic mass is 16.6. The Morgan fingerprint density at radius 3 is 2.87 bits per heavy atom. The normalized spacial score (nSPS) is 18.6. The van der Waals surface area contributed by atoms with E-state index in [-0.39, 0.29) is 18.6 Å². The van der Waals surface area contributed by atoms with Crippen molar-refractivity contribution in [1.82, 2.24) is 5.32 Å². The van der Waals surface area contributed by atoms with Crippen LogP contribution in [0.5, 0.6) is 0 Å². The van der Waals surface area contributed by atoms with Crippen molar-refractivity contribution < 1.29 is 28.5 Å². The third-order valence-corrected chi connectivity index (χ3v) is 3.48. The zero-order valence-corrected chi connectivity index (χ0v) is 14.2. The molecular weight excluding hydrogens is 302 g/mol. The van der Waals surface area contributed by atoms with Crippen LogP contribution in [0.3, 0.4) is 0 Å². The van der Waals surface area contributed by atoms with Gasteiger partial charge in [0.1, 0.15) is 0 Å². The van der Waals surface area contributed by atoms with Crippen LogP contribution in [-0.4, -0.2) is 63.7 Å². The second kappa shape index (κ2) is 12.3. The van der Waals surface area contributed by atoms with Gasteiger partial charge in [0, 0.05) is 26.4 Å². The van der Waals surface area contributed by atoms with Crippen molar-refractivity contribution in [2.24, 2.45) is 0 Å². The molecule has 23 heavy (non-hydrogen) atoms. The van der Waals surface area contributed by atoms with Crippen molar-refractivity contribution in [2.75, 3.05) is 39.6 Å². The molecule has 0 aromatic heterocycles. The molecule has 0 bridgehead atoms. The first-order valence-electron chi connectivity index (χ1n) is 8.37. The van der Waals surface area contributed by atoms with Crippen LogP contribution in [-0.2, 0) is 28.5 Å². The molecule has 0 radical (unpaired) electrons. The number of ether oxygens (including phenoxy) is 4. The fourth-order valence-electron chi connectivity index (χ4n) is 2.10. The Balaban J connectivity index is 2.01. The van der Waals surface area contributed by atoms with Gasteiger partial charge in [-0.3, -0.25) is 4.79 Å². The number of hydrogen-bond acceptors (Lipinski definition) is 6. The van der Waals surface area contributed by atoms with Crippen LogP contribution in [0.25, 0.3) is 0 Å². The van der Waals surface area contributed by atoms with Crippen LogP contribution < -0.4 is 5.32 Å². The van der Waals surface area contributed by atoms with Crippen LogP contribution >= 0.6 is 0 Å². The number of hydrogen-bond donors (Lipinski definition) is 1. The van der Waals surface area contributed by atoms with Gasteiger partial charge >= 0.3 is 5.97 Å². The van der Waals surface area contributed by atoms with Gasteiger partial charge in [-0.25, -0.2) is 4.79 Å². The Kier molecular flexibility index (Phi) is 10.6. The van der Waals surface area contributed by atoms with E-state index in [1.165, 1.54) is 0 Å². The molecule has 2 atom stereocenters. The van der Waals surface area contributed by atoms with Gasteiger partial charge in [-0.05, 0) is 39.5 Å². The molecule has 1 aliphatic heterocycles. The minimum atomic E-state index is -0.696. The molecule has 1 aliphatic rings. The summed E-state index contributed by atoms with van der Waals surface area (Å²) in [4.78, 5) is 23.3. The summed E-state index contributed by atoms with van der Waals surface area (Å²) in [5, 5.41) is 2.70. The highest BCUT2D eigenvalue weighted by Crippen LogP contribution is 2.12. The van der Waals surface area contributed by atoms with E-state index < -0.39 is 12.1 Å². The van der Waals surface area contributed by atoms with Crippen LogP contribution in [0.15, 0.2) is 0 Å². The quantitative estimate of drug-likeness (QED) is 0.425. The van der Waals surface area contributed by atoms with Gasteiger partial charge in [0.15, 0.2) is 12.7 Å². The fraction of sp³-hybridized carbons (Fsp3) is 0.875. The molecule has 1 N–H and O–H groups in total. The molecule has 0 saturated carbocycles. The number of rotatable bonds is 12. The Hall–Kier alpha value is -1.18. The van der Waals surface area contributed by atoms with E-state index >= 15 is 0 Å². The lowest BCUT2D eigenvalue weighted by molar-refractivity contribution is -0.160. The Morgan fingerprint density at radius 1 is 1.35 bits per heavy atom. The largest absolute Gasteiger partial charge is 0.454 e. The van der Waals surface area contributed by atoms with Crippen LogP contribution in [0.1, 0.15) is 39.5 Å². The summed E-state index contributed by atoms with van der Waals surface area (Å²) in [5.41, 5.74) is 0. The molecule has 7 nitrogen and oxygen atoms in total. The topological polar surface area (TPSA) is 83.1 Å². The average Bonchev–Trinajstić information content (AvgIpc) is 3.07. The first kappa shape index (κ1) is 19.9. The number of nitrogens with one attached hydrogen (secondary N) is 1. The van der Waals surface area contributed by atoms with Crippen LogP contribution in [0, 0.1) is 0 Å². The van der Waals surface area contributed by atoms with Crippen molar-refractivity contribution in [2.45, 2.75) is 51.7 Å². The summed E-state index contributed by atoms with van der Waals surface area (Å²) in [7, 11) is 0. The Bertz CT molecular complexity index is 343. The predicted octanol–water partition coefficient (Wildman–Crippen LogP) is 1.05. The number of unbranched alkanes of at least 4 members (excludes halogenated alkanes) is 1. The van der Waals surface area contributed by atoms with Crippen molar-refractivity contribution in [3.05, 3.63) is 0 Å². The number of amides is 1. The van der Waals surface area contributed by atoms with E-state index in [1.807, 2.05) is 6.92 Å². The van der Waals surface area contributed by atoms with Crippen molar-refractivity contribution in [3.63, 3.8) is 0 Å². The lowest BCUT2D eigenvalue weighted by Gasteiger charge is -2.15. The summed E-state index contributed by atoms with van der Waals surface area (Å²) in [6.45, 7) is 6.35. The van der Waals surface area contributed by atoms with E-state index in [0.717, 1.165) is 32.3 Å². The van der Waals surface area contributed by atoms with E-state index in [2.05, 4.69) is 5.32 Å². The molecule has 1 amide bonds. The number of carbonyl (C=O) groups excluding carboxylic acids is 2. The van der Waals surface area contributed by atoms with E-state index in [0.29, 0.717) is 26.4 Å². The Morgan fingerprint density at radius 2 is 2.17 bits per heavy atom. The zero-order valence-electron chi connectivity index (χ0n) is 14.2. The summed E-state index contributed by atoms with van der Waals surface area (Å²) >= 11 is 0. The number of carbonyl (C=O) groups is 2. The van der Waals surface area contributed by atoms with Gasteiger partial charge in [0.2, 0.25) is 0 Å². The molecule has 0 aromatic carbocycles. The first-order chi connectivity index (χ1) is 11.1. The fourth-order valence-corrected chi connectivity index (χ4v) is 2.10. The van der Waals surface area contributed by atoms with Gasteiger partial charge in [-0.1, -0.05) is 0 Å². The predicted molar refractivity (Wildman–Crippen MR) is 84.1 cm³/mol. The molecule has 1 rings (SSSR count). The zero-order chi connectivity index (χ0) is 16.9. The van der Waals surface area contributed by atoms with Gasteiger partial charge in [0.05, 0.1) is 12.7 Å². The van der Waals surface area contributed by atoms with Crippen molar-refractivity contribution >= 4 is 11.9 Å². The lowest BCUT2D eigenvalue weighted by atomic mass is 10.2. The number of esters is 1. The molecule has 1 fully saturated rings. The highest BCUT2D eigenvalue weighted by Gasteiger charge is 2.21. The summed E-state index contributed by atoms with van der Waals surface area (Å²) in [6.07, 6.45) is 3.07. The lowest BCUT2D eigenvalue weighted by Crippen LogP contribution is -2.33. The first-order valence-corrected chi connectivity index (χ1v) is 8.37. The van der Waals surface area contributed by atoms with Gasteiger partial charge in [-0.2, -0.15) is 0 Å².